The average molecular weight is 454 g/mol. The summed E-state index contributed by atoms with van der Waals surface area (Å²) in [5.74, 6) is 0. The van der Waals surface area contributed by atoms with Crippen LogP contribution >= 0.6 is 0 Å². The van der Waals surface area contributed by atoms with Crippen LogP contribution < -0.4 is 33.9 Å². The van der Waals surface area contributed by atoms with Gasteiger partial charge in [-0.25, -0.2) is 9.13 Å². The molecule has 2 heterocycles. The summed E-state index contributed by atoms with van der Waals surface area (Å²) in [6.07, 6.45) is 25.2. The summed E-state index contributed by atoms with van der Waals surface area (Å²) in [6.45, 7) is 6.83. The van der Waals surface area contributed by atoms with E-state index >= 15 is 0 Å². The highest BCUT2D eigenvalue weighted by molar-refractivity contribution is 5.60. The number of halogens is 2. The summed E-state index contributed by atoms with van der Waals surface area (Å²) in [7, 11) is 0. The van der Waals surface area contributed by atoms with Crippen molar-refractivity contribution in [3.63, 3.8) is 0 Å². The molecular weight excluding hydrogens is 411 g/mol. The molecule has 0 aliphatic rings. The van der Waals surface area contributed by atoms with E-state index in [2.05, 4.69) is 72.0 Å². The number of unbranched alkanes of at least 4 members (excludes halogenated alkanes) is 10. The van der Waals surface area contributed by atoms with Crippen molar-refractivity contribution in [2.24, 2.45) is 0 Å². The molecule has 0 saturated heterocycles. The molecule has 30 heavy (non-hydrogen) atoms. The summed E-state index contributed by atoms with van der Waals surface area (Å²) < 4.78 is 4.65. The quantitative estimate of drug-likeness (QED) is 0.277. The Balaban J connectivity index is 0.00000420. The summed E-state index contributed by atoms with van der Waals surface area (Å²) in [5.41, 5.74) is 2.62. The van der Waals surface area contributed by atoms with Gasteiger partial charge in [0.05, 0.1) is 0 Å². The molecule has 0 aliphatic carbocycles. The molecule has 0 bridgehead atoms. The molecule has 0 aromatic carbocycles. The van der Waals surface area contributed by atoms with Gasteiger partial charge in [0.25, 0.3) is 0 Å². The molecule has 0 N–H and O–H groups in total. The Kier molecular flexibility index (Phi) is 17.9. The lowest BCUT2D eigenvalue weighted by Crippen LogP contribution is -3.00. The number of aryl methyl sites for hydroxylation is 2. The van der Waals surface area contributed by atoms with Crippen molar-refractivity contribution in [2.45, 2.75) is 104 Å². The minimum absolute atomic E-state index is 0. The molecule has 0 radical (unpaired) electrons. The van der Waals surface area contributed by atoms with E-state index < -0.39 is 0 Å². The Labute approximate surface area is 197 Å². The molecule has 0 spiro atoms. The van der Waals surface area contributed by atoms with Gasteiger partial charge in [0.2, 0.25) is 0 Å². The highest BCUT2D eigenvalue weighted by Gasteiger charge is 2.06. The topological polar surface area (TPSA) is 7.76 Å². The maximum atomic E-state index is 2.32. The molecule has 4 heteroatoms. The summed E-state index contributed by atoms with van der Waals surface area (Å²) in [4.78, 5) is 0. The van der Waals surface area contributed by atoms with E-state index in [1.165, 1.54) is 88.2 Å². The van der Waals surface area contributed by atoms with Gasteiger partial charge in [-0.15, -0.1) is 0 Å². The van der Waals surface area contributed by atoms with Crippen molar-refractivity contribution in [3.8, 4) is 11.1 Å². The van der Waals surface area contributed by atoms with Crippen LogP contribution in [0, 0.1) is 0 Å². The van der Waals surface area contributed by atoms with Gasteiger partial charge in [-0.3, -0.25) is 0 Å². The average Bonchev–Trinajstić information content (AvgIpc) is 2.74. The van der Waals surface area contributed by atoms with Crippen LogP contribution in [0.5, 0.6) is 0 Å². The number of hydrogen-bond acceptors (Lipinski definition) is 0. The minimum Gasteiger partial charge on any atom is -1.00 e. The molecule has 2 nitrogen and oxygen atoms in total. The molecule has 170 valence electrons. The first kappa shape index (κ1) is 28.9. The zero-order chi connectivity index (χ0) is 19.9. The van der Waals surface area contributed by atoms with Gasteiger partial charge in [-0.1, -0.05) is 65.2 Å². The summed E-state index contributed by atoms with van der Waals surface area (Å²) in [5, 5.41) is 0. The van der Waals surface area contributed by atoms with E-state index in [9.17, 15) is 0 Å². The van der Waals surface area contributed by atoms with Gasteiger partial charge in [-0.05, 0) is 24.0 Å². The Morgan fingerprint density at radius 3 is 1.10 bits per heavy atom. The van der Waals surface area contributed by atoms with Crippen molar-refractivity contribution < 1.29 is 33.9 Å². The highest BCUT2D eigenvalue weighted by Crippen LogP contribution is 2.16. The first-order valence-electron chi connectivity index (χ1n) is 11.8. The van der Waals surface area contributed by atoms with E-state index in [-0.39, 0.29) is 24.8 Å². The lowest BCUT2D eigenvalue weighted by molar-refractivity contribution is -0.697. The Morgan fingerprint density at radius 2 is 0.767 bits per heavy atom. The van der Waals surface area contributed by atoms with Crippen molar-refractivity contribution in [3.05, 3.63) is 49.1 Å². The predicted molar refractivity (Wildman–Crippen MR) is 119 cm³/mol. The molecule has 0 fully saturated rings. The maximum Gasteiger partial charge on any atom is 0.169 e. The normalized spacial score (nSPS) is 10.3. The second kappa shape index (κ2) is 18.6. The van der Waals surface area contributed by atoms with Crippen LogP contribution in [-0.4, -0.2) is 0 Å². The van der Waals surface area contributed by atoms with E-state index in [0.29, 0.717) is 0 Å². The summed E-state index contributed by atoms with van der Waals surface area (Å²) in [6, 6.07) is 9.02. The van der Waals surface area contributed by atoms with Crippen LogP contribution in [-0.2, 0) is 13.1 Å². The van der Waals surface area contributed by atoms with Crippen molar-refractivity contribution in [1.82, 2.24) is 0 Å². The second-order valence-electron chi connectivity index (χ2n) is 8.18. The van der Waals surface area contributed by atoms with Gasteiger partial charge < -0.3 is 24.8 Å². The van der Waals surface area contributed by atoms with Gasteiger partial charge in [0, 0.05) is 37.1 Å². The minimum atomic E-state index is 0. The molecule has 0 saturated carbocycles. The number of rotatable bonds is 15. The Hall–Kier alpha value is -1.12. The van der Waals surface area contributed by atoms with Gasteiger partial charge >= 0.3 is 0 Å². The standard InChI is InChI=1S/C26H42N2.2ClH/c1-3-5-7-9-11-13-19-27-21-15-25(16-22-27)26-17-23-28(24-18-26)20-14-12-10-8-6-4-2;;/h15-18,21-24H,3-14,19-20H2,1-2H3;2*1H/q+2;;/p-2. The SMILES string of the molecule is CCCCCCCC[n+]1ccc(-c2cc[n+](CCCCCCCC)cc2)cc1.[Cl-].[Cl-]. The zero-order valence-corrected chi connectivity index (χ0v) is 20.7. The zero-order valence-electron chi connectivity index (χ0n) is 19.2. The number of aromatic nitrogens is 2. The molecule has 0 amide bonds. The molecule has 2 aromatic heterocycles. The van der Waals surface area contributed by atoms with E-state index in [4.69, 9.17) is 0 Å². The molecule has 0 aliphatic heterocycles. The van der Waals surface area contributed by atoms with E-state index in [0.717, 1.165) is 13.1 Å². The van der Waals surface area contributed by atoms with Crippen molar-refractivity contribution in [2.75, 3.05) is 0 Å². The van der Waals surface area contributed by atoms with Crippen molar-refractivity contribution in [1.29, 1.82) is 0 Å². The van der Waals surface area contributed by atoms with E-state index in [1.54, 1.807) is 0 Å². The Bertz CT molecular complexity index is 569. The maximum absolute atomic E-state index is 2.32. The van der Waals surface area contributed by atoms with Crippen LogP contribution in [0.4, 0.5) is 0 Å². The molecular formula is C26H42Cl2N2. The third-order valence-electron chi connectivity index (χ3n) is 5.66. The number of hydrogen-bond donors (Lipinski definition) is 0. The first-order valence-corrected chi connectivity index (χ1v) is 11.8. The van der Waals surface area contributed by atoms with Crippen LogP contribution in [0.1, 0.15) is 90.9 Å². The molecule has 0 atom stereocenters. The van der Waals surface area contributed by atoms with Crippen molar-refractivity contribution >= 4 is 0 Å². The molecule has 2 aromatic rings. The largest absolute Gasteiger partial charge is 1.00 e. The van der Waals surface area contributed by atoms with Gasteiger partial charge in [-0.2, -0.15) is 0 Å². The number of nitrogens with zero attached hydrogens (tertiary/aromatic N) is 2. The molecule has 0 unspecified atom stereocenters. The Morgan fingerprint density at radius 1 is 0.467 bits per heavy atom. The van der Waals surface area contributed by atoms with Crippen LogP contribution in [0.3, 0.4) is 0 Å². The van der Waals surface area contributed by atoms with Crippen LogP contribution in [0.25, 0.3) is 11.1 Å². The lowest BCUT2D eigenvalue weighted by atomic mass is 10.1. The summed E-state index contributed by atoms with van der Waals surface area (Å²) >= 11 is 0. The fourth-order valence-corrected chi connectivity index (χ4v) is 3.75. The smallest absolute Gasteiger partial charge is 0.169 e. The highest BCUT2D eigenvalue weighted by atomic mass is 35.5. The fourth-order valence-electron chi connectivity index (χ4n) is 3.75. The number of pyridine rings is 2. The second-order valence-corrected chi connectivity index (χ2v) is 8.18. The molecule has 2 rings (SSSR count). The third kappa shape index (κ3) is 11.9. The fraction of sp³-hybridized carbons (Fsp3) is 0.615. The third-order valence-corrected chi connectivity index (χ3v) is 5.66. The van der Waals surface area contributed by atoms with Crippen LogP contribution in [0.2, 0.25) is 0 Å². The monoisotopic (exact) mass is 452 g/mol. The lowest BCUT2D eigenvalue weighted by Gasteiger charge is -2.02. The van der Waals surface area contributed by atoms with Gasteiger partial charge in [0.15, 0.2) is 24.8 Å². The van der Waals surface area contributed by atoms with Gasteiger partial charge in [0.1, 0.15) is 13.1 Å². The first-order chi connectivity index (χ1) is 13.8. The predicted octanol–water partition coefficient (Wildman–Crippen LogP) is 0.658. The van der Waals surface area contributed by atoms with E-state index in [1.807, 2.05) is 0 Å². The van der Waals surface area contributed by atoms with Crippen LogP contribution in [0.15, 0.2) is 49.1 Å².